The standard InChI is InChI=1S/C22H25ClN6O2/c1-6-31-21-16(7-18(23)17(8-24)20(21)28-9-15(10-28)30-5)14(4)29-22-19(13(3)27-29)12(2)25-11-26-22/h7,11,14-15H,6,9-10H2,1-5H3. The molecule has 3 aromatic rings. The van der Waals surface area contributed by atoms with E-state index in [4.69, 9.17) is 26.2 Å². The largest absolute Gasteiger partial charge is 0.491 e. The number of aryl methyl sites for hydroxylation is 2. The molecule has 1 fully saturated rings. The van der Waals surface area contributed by atoms with Crippen LogP contribution in [0.15, 0.2) is 12.4 Å². The summed E-state index contributed by atoms with van der Waals surface area (Å²) in [4.78, 5) is 10.9. The first-order valence-electron chi connectivity index (χ1n) is 10.2. The van der Waals surface area contributed by atoms with E-state index < -0.39 is 0 Å². The van der Waals surface area contributed by atoms with Gasteiger partial charge in [0.05, 0.1) is 51.8 Å². The van der Waals surface area contributed by atoms with Crippen molar-refractivity contribution in [1.82, 2.24) is 19.7 Å². The molecule has 0 bridgehead atoms. The SMILES string of the molecule is CCOc1c(C(C)n2nc(C)c3c(C)ncnc32)cc(Cl)c(C#N)c1N1CC(OC)C1. The van der Waals surface area contributed by atoms with Crippen molar-refractivity contribution in [2.75, 3.05) is 31.7 Å². The first-order valence-corrected chi connectivity index (χ1v) is 10.6. The number of nitrogens with zero attached hydrogens (tertiary/aromatic N) is 6. The maximum Gasteiger partial charge on any atom is 0.162 e. The van der Waals surface area contributed by atoms with E-state index in [1.807, 2.05) is 38.4 Å². The summed E-state index contributed by atoms with van der Waals surface area (Å²) in [6.45, 7) is 9.67. The van der Waals surface area contributed by atoms with Crippen molar-refractivity contribution < 1.29 is 9.47 Å². The van der Waals surface area contributed by atoms with E-state index in [9.17, 15) is 5.26 Å². The highest BCUT2D eigenvalue weighted by Crippen LogP contribution is 2.45. The van der Waals surface area contributed by atoms with Crippen molar-refractivity contribution in [2.45, 2.75) is 39.8 Å². The summed E-state index contributed by atoms with van der Waals surface area (Å²) in [5.41, 5.74) is 4.48. The molecule has 1 aromatic carbocycles. The Morgan fingerprint density at radius 3 is 2.68 bits per heavy atom. The molecule has 8 nitrogen and oxygen atoms in total. The third-order valence-electron chi connectivity index (χ3n) is 5.80. The maximum absolute atomic E-state index is 9.82. The monoisotopic (exact) mass is 440 g/mol. The zero-order valence-corrected chi connectivity index (χ0v) is 19.1. The quantitative estimate of drug-likeness (QED) is 0.575. The highest BCUT2D eigenvalue weighted by atomic mass is 35.5. The molecule has 0 spiro atoms. The van der Waals surface area contributed by atoms with Gasteiger partial charge in [0.2, 0.25) is 0 Å². The minimum absolute atomic E-state index is 0.123. The summed E-state index contributed by atoms with van der Waals surface area (Å²) in [5, 5.41) is 15.9. The minimum Gasteiger partial charge on any atom is -0.491 e. The van der Waals surface area contributed by atoms with E-state index >= 15 is 0 Å². The third-order valence-corrected chi connectivity index (χ3v) is 6.10. The average molecular weight is 441 g/mol. The lowest BCUT2D eigenvalue weighted by Gasteiger charge is -2.41. The molecule has 1 aliphatic heterocycles. The number of ether oxygens (including phenoxy) is 2. The summed E-state index contributed by atoms with van der Waals surface area (Å²) in [6, 6.07) is 3.84. The van der Waals surface area contributed by atoms with E-state index in [1.54, 1.807) is 13.4 Å². The Morgan fingerprint density at radius 1 is 1.29 bits per heavy atom. The lowest BCUT2D eigenvalue weighted by molar-refractivity contribution is 0.0783. The van der Waals surface area contributed by atoms with Crippen LogP contribution >= 0.6 is 11.6 Å². The van der Waals surface area contributed by atoms with Crippen LogP contribution in [0.2, 0.25) is 5.02 Å². The van der Waals surface area contributed by atoms with Crippen molar-refractivity contribution >= 4 is 28.3 Å². The van der Waals surface area contributed by atoms with Gasteiger partial charge in [0, 0.05) is 25.8 Å². The van der Waals surface area contributed by atoms with Gasteiger partial charge in [-0.1, -0.05) is 11.6 Å². The number of halogens is 1. The number of hydrogen-bond donors (Lipinski definition) is 0. The second kappa shape index (κ2) is 8.33. The van der Waals surface area contributed by atoms with Gasteiger partial charge in [-0.05, 0) is 33.8 Å². The summed E-state index contributed by atoms with van der Waals surface area (Å²) in [5.74, 6) is 0.651. The molecule has 0 radical (unpaired) electrons. The topological polar surface area (TPSA) is 89.1 Å². The molecular formula is C22H25ClN6O2. The van der Waals surface area contributed by atoms with Gasteiger partial charge in [-0.25, -0.2) is 14.6 Å². The highest BCUT2D eigenvalue weighted by Gasteiger charge is 2.34. The number of anilines is 1. The molecule has 0 aliphatic carbocycles. The van der Waals surface area contributed by atoms with Crippen LogP contribution in [0.3, 0.4) is 0 Å². The zero-order chi connectivity index (χ0) is 22.3. The molecule has 1 unspecified atom stereocenters. The minimum atomic E-state index is -0.226. The Bertz CT molecular complexity index is 1180. The Hall–Kier alpha value is -2.89. The van der Waals surface area contributed by atoms with Crippen molar-refractivity contribution in [2.24, 2.45) is 0 Å². The number of nitriles is 1. The molecular weight excluding hydrogens is 416 g/mol. The first-order chi connectivity index (χ1) is 14.9. The second-order valence-electron chi connectivity index (χ2n) is 7.67. The number of hydrogen-bond acceptors (Lipinski definition) is 7. The Balaban J connectivity index is 1.90. The molecule has 1 atom stereocenters. The number of rotatable bonds is 6. The molecule has 162 valence electrons. The Morgan fingerprint density at radius 2 is 2.03 bits per heavy atom. The van der Waals surface area contributed by atoms with Crippen molar-refractivity contribution in [3.05, 3.63) is 39.9 Å². The second-order valence-corrected chi connectivity index (χ2v) is 8.08. The van der Waals surface area contributed by atoms with Crippen LogP contribution in [-0.4, -0.2) is 52.7 Å². The molecule has 2 aromatic heterocycles. The number of aromatic nitrogens is 4. The summed E-state index contributed by atoms with van der Waals surface area (Å²) in [6.07, 6.45) is 1.67. The van der Waals surface area contributed by atoms with Crippen molar-refractivity contribution in [1.29, 1.82) is 5.26 Å². The number of fused-ring (bicyclic) bond motifs is 1. The van der Waals surface area contributed by atoms with Gasteiger partial charge < -0.3 is 14.4 Å². The number of methoxy groups -OCH3 is 1. The number of benzene rings is 1. The zero-order valence-electron chi connectivity index (χ0n) is 18.3. The highest BCUT2D eigenvalue weighted by molar-refractivity contribution is 6.32. The third kappa shape index (κ3) is 3.48. The van der Waals surface area contributed by atoms with Crippen molar-refractivity contribution in [3.8, 4) is 11.8 Å². The van der Waals surface area contributed by atoms with Crippen LogP contribution in [-0.2, 0) is 4.74 Å². The predicted molar refractivity (Wildman–Crippen MR) is 119 cm³/mol. The summed E-state index contributed by atoms with van der Waals surface area (Å²) in [7, 11) is 1.69. The Labute approximate surface area is 186 Å². The van der Waals surface area contributed by atoms with Gasteiger partial charge in [-0.2, -0.15) is 10.4 Å². The summed E-state index contributed by atoms with van der Waals surface area (Å²) < 4.78 is 13.4. The normalized spacial score (nSPS) is 15.1. The van der Waals surface area contributed by atoms with Crippen LogP contribution < -0.4 is 9.64 Å². The van der Waals surface area contributed by atoms with E-state index in [1.165, 1.54) is 0 Å². The van der Waals surface area contributed by atoms with Gasteiger partial charge in [0.25, 0.3) is 0 Å². The van der Waals surface area contributed by atoms with E-state index in [0.717, 1.165) is 28.0 Å². The van der Waals surface area contributed by atoms with Crippen LogP contribution in [0.1, 0.15) is 42.4 Å². The predicted octanol–water partition coefficient (Wildman–Crippen LogP) is 3.81. The van der Waals surface area contributed by atoms with Gasteiger partial charge in [-0.15, -0.1) is 0 Å². The first kappa shape index (κ1) is 21.3. The average Bonchev–Trinajstić information content (AvgIpc) is 3.06. The van der Waals surface area contributed by atoms with Crippen molar-refractivity contribution in [3.63, 3.8) is 0 Å². The summed E-state index contributed by atoms with van der Waals surface area (Å²) >= 11 is 6.59. The molecule has 1 saturated heterocycles. The molecule has 4 rings (SSSR count). The van der Waals surface area contributed by atoms with E-state index in [0.29, 0.717) is 41.7 Å². The Kier molecular flexibility index (Phi) is 5.73. The molecule has 0 amide bonds. The van der Waals surface area contributed by atoms with E-state index in [-0.39, 0.29) is 12.1 Å². The van der Waals surface area contributed by atoms with Gasteiger partial charge in [0.1, 0.15) is 18.1 Å². The smallest absolute Gasteiger partial charge is 0.162 e. The molecule has 31 heavy (non-hydrogen) atoms. The molecule has 0 saturated carbocycles. The van der Waals surface area contributed by atoms with Crippen LogP contribution in [0.5, 0.6) is 5.75 Å². The molecule has 9 heteroatoms. The van der Waals surface area contributed by atoms with Gasteiger partial charge >= 0.3 is 0 Å². The van der Waals surface area contributed by atoms with Gasteiger partial charge in [0.15, 0.2) is 5.65 Å². The van der Waals surface area contributed by atoms with E-state index in [2.05, 4.69) is 20.9 Å². The molecule has 0 N–H and O–H groups in total. The van der Waals surface area contributed by atoms with Gasteiger partial charge in [-0.3, -0.25) is 0 Å². The fourth-order valence-corrected chi connectivity index (χ4v) is 4.39. The van der Waals surface area contributed by atoms with Crippen LogP contribution in [0, 0.1) is 25.2 Å². The van der Waals surface area contributed by atoms with Crippen LogP contribution in [0.4, 0.5) is 5.69 Å². The maximum atomic E-state index is 9.82. The fraction of sp³-hybridized carbons (Fsp3) is 0.455. The lowest BCUT2D eigenvalue weighted by atomic mass is 9.99. The lowest BCUT2D eigenvalue weighted by Crippen LogP contribution is -2.52. The fourth-order valence-electron chi connectivity index (χ4n) is 4.14. The molecule has 1 aliphatic rings. The van der Waals surface area contributed by atoms with Crippen LogP contribution in [0.25, 0.3) is 11.0 Å². The molecule has 3 heterocycles.